The Balaban J connectivity index is 1.65. The van der Waals surface area contributed by atoms with Gasteiger partial charge in [-0.1, -0.05) is 18.2 Å². The van der Waals surface area contributed by atoms with E-state index >= 15 is 0 Å². The number of ether oxygens (including phenoxy) is 1. The van der Waals surface area contributed by atoms with Crippen molar-refractivity contribution in [3.05, 3.63) is 29.8 Å². The van der Waals surface area contributed by atoms with Crippen molar-refractivity contribution in [3.8, 4) is 0 Å². The number of benzene rings is 1. The average molecular weight is 328 g/mol. The van der Waals surface area contributed by atoms with Crippen molar-refractivity contribution >= 4 is 11.7 Å². The summed E-state index contributed by atoms with van der Waals surface area (Å²) in [5.41, 5.74) is 1.83. The third-order valence-electron chi connectivity index (χ3n) is 6.53. The van der Waals surface area contributed by atoms with Crippen LogP contribution < -0.4 is 4.90 Å². The zero-order chi connectivity index (χ0) is 16.9. The topological polar surface area (TPSA) is 35.4 Å². The molecule has 3 aliphatic rings. The number of rotatable bonds is 3. The van der Waals surface area contributed by atoms with Gasteiger partial charge in [0.25, 0.3) is 0 Å². The van der Waals surface area contributed by atoms with E-state index in [9.17, 15) is 4.79 Å². The number of carbonyl (C=O) groups is 1. The molecule has 1 aromatic rings. The van der Waals surface area contributed by atoms with Gasteiger partial charge in [0, 0.05) is 36.6 Å². The molecule has 2 fully saturated rings. The van der Waals surface area contributed by atoms with Gasteiger partial charge in [0.1, 0.15) is 18.0 Å². The van der Waals surface area contributed by atoms with Gasteiger partial charge in [-0.3, -0.25) is 9.69 Å². The Morgan fingerprint density at radius 1 is 1.29 bits per heavy atom. The molecule has 4 nitrogen and oxygen atoms in total. The highest BCUT2D eigenvalue weighted by molar-refractivity contribution is 5.87. The first-order valence-electron chi connectivity index (χ1n) is 9.30. The van der Waals surface area contributed by atoms with E-state index in [-0.39, 0.29) is 5.97 Å². The quantitative estimate of drug-likeness (QED) is 0.632. The van der Waals surface area contributed by atoms with Crippen LogP contribution in [0.5, 0.6) is 0 Å². The Hall–Kier alpha value is -1.39. The first kappa shape index (κ1) is 16.1. The van der Waals surface area contributed by atoms with Gasteiger partial charge in [-0.25, -0.2) is 0 Å². The molecule has 1 radical (unpaired) electrons. The highest BCUT2D eigenvalue weighted by atomic mass is 16.5. The summed E-state index contributed by atoms with van der Waals surface area (Å²) in [7, 11) is 2.28. The molecule has 0 aromatic heterocycles. The van der Waals surface area contributed by atoms with Gasteiger partial charge in [-0.2, -0.15) is 0 Å². The van der Waals surface area contributed by atoms with E-state index < -0.39 is 5.41 Å². The number of nitrogens with zero attached hydrogens (tertiary/aromatic N) is 2. The van der Waals surface area contributed by atoms with Crippen molar-refractivity contribution in [1.82, 2.24) is 9.80 Å². The lowest BCUT2D eigenvalue weighted by Gasteiger charge is -2.35. The maximum atomic E-state index is 12.7. The minimum atomic E-state index is -0.547. The number of esters is 1. The zero-order valence-corrected chi connectivity index (χ0v) is 15.0. The number of carbonyl (C=O) groups excluding carboxylic acids is 1. The standard InChI is InChI=1S/C20H28N2O2/c1-4-24-19(23)20(2)13-22(18-8-6-5-7-17(18)20)16-11-14-9-10-15(12-16)21(14)3/h5-8,14-16H,4,9-13H2,1-3H3/q+1. The van der Waals surface area contributed by atoms with Crippen molar-refractivity contribution in [2.24, 2.45) is 0 Å². The van der Waals surface area contributed by atoms with E-state index in [4.69, 9.17) is 4.74 Å². The highest BCUT2D eigenvalue weighted by Gasteiger charge is 2.56. The van der Waals surface area contributed by atoms with E-state index in [1.807, 2.05) is 19.9 Å². The van der Waals surface area contributed by atoms with Crippen LogP contribution in [0.1, 0.15) is 45.1 Å². The molecule has 0 N–H and O–H groups in total. The van der Waals surface area contributed by atoms with Crippen LogP contribution in [0.15, 0.2) is 24.3 Å². The number of hydrogen-bond donors (Lipinski definition) is 0. The Bertz CT molecular complexity index is 632. The minimum absolute atomic E-state index is 0.0872. The second kappa shape index (κ2) is 5.85. The van der Waals surface area contributed by atoms with E-state index in [1.165, 1.54) is 31.4 Å². The Morgan fingerprint density at radius 2 is 1.96 bits per heavy atom. The molecule has 4 rings (SSSR count). The number of para-hydroxylation sites is 1. The van der Waals surface area contributed by atoms with Gasteiger partial charge in [0.15, 0.2) is 5.69 Å². The SMILES string of the molecule is CCOC(=O)C1(C)C[N+](C2CC3CCC(C2)N3C)c2ccccc21. The van der Waals surface area contributed by atoms with Gasteiger partial charge in [-0.15, -0.1) is 4.90 Å². The fourth-order valence-electron chi connectivity index (χ4n) is 5.13. The van der Waals surface area contributed by atoms with Crippen molar-refractivity contribution in [1.29, 1.82) is 0 Å². The summed E-state index contributed by atoms with van der Waals surface area (Å²) in [5.74, 6) is -0.0872. The molecule has 3 atom stereocenters. The van der Waals surface area contributed by atoms with Gasteiger partial charge in [0.2, 0.25) is 0 Å². The smallest absolute Gasteiger partial charge is 0.322 e. The summed E-state index contributed by atoms with van der Waals surface area (Å²) in [6.45, 7) is 5.12. The average Bonchev–Trinajstić information content (AvgIpc) is 2.98. The molecule has 1 aromatic carbocycles. The third kappa shape index (κ3) is 2.31. The summed E-state index contributed by atoms with van der Waals surface area (Å²) in [6, 6.07) is 10.4. The van der Waals surface area contributed by atoms with Crippen molar-refractivity contribution < 1.29 is 9.53 Å². The van der Waals surface area contributed by atoms with Crippen LogP contribution in [-0.4, -0.2) is 49.2 Å². The van der Waals surface area contributed by atoms with Crippen molar-refractivity contribution in [2.75, 3.05) is 20.2 Å². The third-order valence-corrected chi connectivity index (χ3v) is 6.53. The van der Waals surface area contributed by atoms with Gasteiger partial charge < -0.3 is 4.74 Å². The van der Waals surface area contributed by atoms with E-state index in [0.29, 0.717) is 24.7 Å². The molecule has 3 aliphatic heterocycles. The predicted octanol–water partition coefficient (Wildman–Crippen LogP) is 2.92. The van der Waals surface area contributed by atoms with Crippen LogP contribution in [-0.2, 0) is 14.9 Å². The molecule has 0 saturated carbocycles. The maximum absolute atomic E-state index is 12.7. The molecule has 24 heavy (non-hydrogen) atoms. The summed E-state index contributed by atoms with van der Waals surface area (Å²) in [6.07, 6.45) is 5.06. The number of anilines is 1. The molecule has 2 saturated heterocycles. The minimum Gasteiger partial charge on any atom is -0.465 e. The van der Waals surface area contributed by atoms with E-state index in [2.05, 4.69) is 35.0 Å². The van der Waals surface area contributed by atoms with Crippen LogP contribution >= 0.6 is 0 Å². The summed E-state index contributed by atoms with van der Waals surface area (Å²) in [4.78, 5) is 17.8. The molecule has 3 unspecified atom stereocenters. The lowest BCUT2D eigenvalue weighted by Crippen LogP contribution is -2.51. The number of piperidine rings is 1. The van der Waals surface area contributed by atoms with E-state index in [1.54, 1.807) is 0 Å². The van der Waals surface area contributed by atoms with Crippen LogP contribution in [0.4, 0.5) is 5.69 Å². The Kier molecular flexibility index (Phi) is 3.92. The largest absolute Gasteiger partial charge is 0.465 e. The first-order chi connectivity index (χ1) is 11.5. The normalized spacial score (nSPS) is 35.9. The van der Waals surface area contributed by atoms with Crippen LogP contribution in [0.2, 0.25) is 0 Å². The molecule has 0 aliphatic carbocycles. The predicted molar refractivity (Wildman–Crippen MR) is 94.7 cm³/mol. The summed E-state index contributed by atoms with van der Waals surface area (Å²) >= 11 is 0. The fraction of sp³-hybridized carbons (Fsp3) is 0.650. The molecule has 3 heterocycles. The molecule has 2 bridgehead atoms. The molecular weight excluding hydrogens is 300 g/mol. The number of fused-ring (bicyclic) bond motifs is 3. The van der Waals surface area contributed by atoms with Gasteiger partial charge >= 0.3 is 5.97 Å². The Labute approximate surface area is 144 Å². The van der Waals surface area contributed by atoms with Crippen LogP contribution in [0, 0.1) is 0 Å². The van der Waals surface area contributed by atoms with Crippen LogP contribution in [0.3, 0.4) is 0 Å². The zero-order valence-electron chi connectivity index (χ0n) is 15.0. The molecular formula is C20H28N2O2+. The molecule has 4 heteroatoms. The summed E-state index contributed by atoms with van der Waals surface area (Å²) < 4.78 is 5.42. The van der Waals surface area contributed by atoms with Crippen molar-refractivity contribution in [3.63, 3.8) is 0 Å². The number of hydrogen-bond acceptors (Lipinski definition) is 4. The second-order valence-corrected chi connectivity index (χ2v) is 7.87. The lowest BCUT2D eigenvalue weighted by molar-refractivity contribution is -0.149. The summed E-state index contributed by atoms with van der Waals surface area (Å²) in [5, 5.41) is 0. The van der Waals surface area contributed by atoms with Gasteiger partial charge in [0.05, 0.1) is 6.61 Å². The Morgan fingerprint density at radius 3 is 2.62 bits per heavy atom. The molecule has 0 spiro atoms. The molecule has 0 amide bonds. The fourth-order valence-corrected chi connectivity index (χ4v) is 5.13. The maximum Gasteiger partial charge on any atom is 0.322 e. The first-order valence-corrected chi connectivity index (χ1v) is 9.30. The second-order valence-electron chi connectivity index (χ2n) is 7.87. The highest BCUT2D eigenvalue weighted by Crippen LogP contribution is 2.45. The van der Waals surface area contributed by atoms with Crippen molar-refractivity contribution in [2.45, 2.75) is 63.1 Å². The monoisotopic (exact) mass is 328 g/mol. The van der Waals surface area contributed by atoms with Gasteiger partial charge in [-0.05, 0) is 33.7 Å². The van der Waals surface area contributed by atoms with E-state index in [0.717, 1.165) is 12.1 Å². The molecule has 129 valence electrons. The lowest BCUT2D eigenvalue weighted by atomic mass is 9.84. The van der Waals surface area contributed by atoms with Crippen LogP contribution in [0.25, 0.3) is 0 Å².